The zero-order valence-electron chi connectivity index (χ0n) is 8.41. The molecule has 0 saturated heterocycles. The first kappa shape index (κ1) is 18.3. The van der Waals surface area contributed by atoms with E-state index in [1.807, 2.05) is 19.0 Å². The predicted octanol–water partition coefficient (Wildman–Crippen LogP) is 1.55. The van der Waals surface area contributed by atoms with Crippen molar-refractivity contribution in [1.82, 2.24) is 11.1 Å². The number of aliphatic carboxylic acids is 1. The predicted molar refractivity (Wildman–Crippen MR) is 56.8 cm³/mol. The van der Waals surface area contributed by atoms with E-state index < -0.39 is 5.97 Å². The third-order valence-electron chi connectivity index (χ3n) is 1.36. The summed E-state index contributed by atoms with van der Waals surface area (Å²) in [7, 11) is 3.92. The van der Waals surface area contributed by atoms with Crippen LogP contribution in [0.2, 0.25) is 0 Å². The number of hydrogen-bond acceptors (Lipinski definition) is 3. The van der Waals surface area contributed by atoms with Crippen LogP contribution < -0.4 is 6.15 Å². The molecule has 0 aliphatic rings. The first-order valence-corrected chi connectivity index (χ1v) is 3.59. The molecule has 4 nitrogen and oxygen atoms in total. The van der Waals surface area contributed by atoms with Crippen LogP contribution in [0.1, 0.15) is 13.3 Å². The minimum Gasteiger partial charge on any atom is -0.478 e. The van der Waals surface area contributed by atoms with Gasteiger partial charge in [0.05, 0.1) is 0 Å². The van der Waals surface area contributed by atoms with Crippen LogP contribution in [-0.2, 0) is 4.79 Å². The van der Waals surface area contributed by atoms with Crippen molar-refractivity contribution in [2.24, 2.45) is 0 Å². The molecular weight excluding hydrogens is 192 g/mol. The summed E-state index contributed by atoms with van der Waals surface area (Å²) in [6.07, 6.45) is 2.54. The van der Waals surface area contributed by atoms with Gasteiger partial charge in [-0.05, 0) is 27.4 Å². The van der Waals surface area contributed by atoms with Crippen LogP contribution in [0.4, 0.5) is 0 Å². The van der Waals surface area contributed by atoms with Gasteiger partial charge in [0.15, 0.2) is 0 Å². The molecule has 0 saturated carbocycles. The number of rotatable bonds is 4. The second-order valence-corrected chi connectivity index (χ2v) is 2.78. The molecule has 0 aromatic carbocycles. The summed E-state index contributed by atoms with van der Waals surface area (Å²) in [6, 6.07) is 0. The van der Waals surface area contributed by atoms with Crippen molar-refractivity contribution in [2.45, 2.75) is 13.3 Å². The number of halogens is 1. The molecule has 0 aromatic rings. The smallest absolute Gasteiger partial charge is 0.330 e. The van der Waals surface area contributed by atoms with Crippen molar-refractivity contribution in [1.29, 1.82) is 0 Å². The Bertz CT molecular complexity index is 170. The number of nitrogens with zero attached hydrogens (tertiary/aromatic N) is 1. The van der Waals surface area contributed by atoms with Gasteiger partial charge in [0.1, 0.15) is 0 Å². The lowest BCUT2D eigenvalue weighted by Crippen LogP contribution is -2.12. The zero-order valence-corrected chi connectivity index (χ0v) is 9.23. The highest BCUT2D eigenvalue weighted by Crippen LogP contribution is 1.95. The van der Waals surface area contributed by atoms with Gasteiger partial charge in [-0.1, -0.05) is 6.08 Å². The maximum Gasteiger partial charge on any atom is 0.330 e. The molecule has 5 heteroatoms. The van der Waals surface area contributed by atoms with Crippen molar-refractivity contribution in [3.8, 4) is 0 Å². The van der Waals surface area contributed by atoms with Gasteiger partial charge in [0.25, 0.3) is 0 Å². The molecule has 0 spiro atoms. The summed E-state index contributed by atoms with van der Waals surface area (Å²) in [5.41, 5.74) is 0.423. The molecule has 4 N–H and O–H groups in total. The molecule has 13 heavy (non-hydrogen) atoms. The fourth-order valence-electron chi connectivity index (χ4n) is 0.627. The Morgan fingerprint density at radius 3 is 2.23 bits per heavy atom. The number of hydrogen-bond donors (Lipinski definition) is 2. The van der Waals surface area contributed by atoms with E-state index in [9.17, 15) is 4.79 Å². The SMILES string of the molecule is CC(=CCCN(C)C)C(=O)O.Cl.N. The van der Waals surface area contributed by atoms with Crippen LogP contribution in [0.5, 0.6) is 0 Å². The molecule has 0 aliphatic carbocycles. The standard InChI is InChI=1S/C8H15NO2.ClH.H3N/c1-7(8(10)11)5-4-6-9(2)3;;/h5H,4,6H2,1-3H3,(H,10,11);1H;1H3. The number of carboxylic acids is 1. The summed E-state index contributed by atoms with van der Waals surface area (Å²) in [5, 5.41) is 8.47. The molecule has 0 atom stereocenters. The molecule has 0 heterocycles. The van der Waals surface area contributed by atoms with Gasteiger partial charge in [-0.15, -0.1) is 12.4 Å². The van der Waals surface area contributed by atoms with Crippen molar-refractivity contribution in [3.63, 3.8) is 0 Å². The fourth-order valence-corrected chi connectivity index (χ4v) is 0.627. The normalized spacial score (nSPS) is 10.3. The molecule has 0 amide bonds. The van der Waals surface area contributed by atoms with Crippen LogP contribution >= 0.6 is 12.4 Å². The molecule has 0 aliphatic heterocycles. The molecule has 0 unspecified atom stereocenters. The Balaban J connectivity index is -0.000000500. The monoisotopic (exact) mass is 210 g/mol. The molecule has 80 valence electrons. The quantitative estimate of drug-likeness (QED) is 0.691. The molecular formula is C8H19ClN2O2. The lowest BCUT2D eigenvalue weighted by atomic mass is 10.2. The maximum atomic E-state index is 10.3. The highest BCUT2D eigenvalue weighted by Gasteiger charge is 1.97. The summed E-state index contributed by atoms with van der Waals surface area (Å²) in [6.45, 7) is 2.50. The Labute approximate surface area is 85.6 Å². The van der Waals surface area contributed by atoms with E-state index in [0.717, 1.165) is 13.0 Å². The van der Waals surface area contributed by atoms with Gasteiger partial charge in [0.2, 0.25) is 0 Å². The van der Waals surface area contributed by atoms with E-state index in [0.29, 0.717) is 5.57 Å². The topological polar surface area (TPSA) is 75.5 Å². The van der Waals surface area contributed by atoms with E-state index in [1.165, 1.54) is 0 Å². The molecule has 0 bridgehead atoms. The lowest BCUT2D eigenvalue weighted by molar-refractivity contribution is -0.132. The second-order valence-electron chi connectivity index (χ2n) is 2.78. The number of carboxylic acid groups (broad SMARTS) is 1. The highest BCUT2D eigenvalue weighted by molar-refractivity contribution is 5.85. The van der Waals surface area contributed by atoms with Crippen molar-refractivity contribution in [2.75, 3.05) is 20.6 Å². The average molecular weight is 211 g/mol. The third kappa shape index (κ3) is 11.4. The lowest BCUT2D eigenvalue weighted by Gasteiger charge is -2.05. The summed E-state index contributed by atoms with van der Waals surface area (Å²) < 4.78 is 0. The van der Waals surface area contributed by atoms with Gasteiger partial charge in [0, 0.05) is 12.1 Å². The van der Waals surface area contributed by atoms with Crippen LogP contribution in [0.3, 0.4) is 0 Å². The van der Waals surface area contributed by atoms with Crippen LogP contribution in [0.25, 0.3) is 0 Å². The van der Waals surface area contributed by atoms with Gasteiger partial charge >= 0.3 is 5.97 Å². The van der Waals surface area contributed by atoms with Crippen LogP contribution in [0, 0.1) is 0 Å². The largest absolute Gasteiger partial charge is 0.478 e. The van der Waals surface area contributed by atoms with E-state index in [1.54, 1.807) is 13.0 Å². The molecule has 0 aromatic heterocycles. The van der Waals surface area contributed by atoms with Gasteiger partial charge in [-0.3, -0.25) is 0 Å². The Hall–Kier alpha value is -0.580. The second kappa shape index (κ2) is 9.51. The third-order valence-corrected chi connectivity index (χ3v) is 1.36. The van der Waals surface area contributed by atoms with E-state index in [2.05, 4.69) is 0 Å². The van der Waals surface area contributed by atoms with Gasteiger partial charge in [-0.2, -0.15) is 0 Å². The van der Waals surface area contributed by atoms with Crippen LogP contribution in [-0.4, -0.2) is 36.6 Å². The molecule has 0 rings (SSSR count). The highest BCUT2D eigenvalue weighted by atomic mass is 35.5. The minimum atomic E-state index is -0.830. The van der Waals surface area contributed by atoms with Crippen molar-refractivity contribution >= 4 is 18.4 Å². The Morgan fingerprint density at radius 1 is 1.46 bits per heavy atom. The van der Waals surface area contributed by atoms with Gasteiger partial charge in [-0.25, -0.2) is 4.79 Å². The van der Waals surface area contributed by atoms with E-state index in [4.69, 9.17) is 5.11 Å². The zero-order chi connectivity index (χ0) is 8.85. The number of carbonyl (C=O) groups is 1. The van der Waals surface area contributed by atoms with E-state index >= 15 is 0 Å². The van der Waals surface area contributed by atoms with Crippen molar-refractivity contribution < 1.29 is 9.90 Å². The molecule has 0 radical (unpaired) electrons. The Morgan fingerprint density at radius 2 is 1.92 bits per heavy atom. The minimum absolute atomic E-state index is 0. The van der Waals surface area contributed by atoms with E-state index in [-0.39, 0.29) is 18.6 Å². The van der Waals surface area contributed by atoms with Crippen LogP contribution in [0.15, 0.2) is 11.6 Å². The fraction of sp³-hybridized carbons (Fsp3) is 0.625. The summed E-state index contributed by atoms with van der Waals surface area (Å²) >= 11 is 0. The average Bonchev–Trinajstić information content (AvgIpc) is 1.86. The maximum absolute atomic E-state index is 10.3. The first-order chi connectivity index (χ1) is 5.04. The van der Waals surface area contributed by atoms with Crippen molar-refractivity contribution in [3.05, 3.63) is 11.6 Å². The summed E-state index contributed by atoms with van der Waals surface area (Å²) in [4.78, 5) is 12.3. The Kier molecular flexibility index (Phi) is 13.3. The van der Waals surface area contributed by atoms with Gasteiger partial charge < -0.3 is 16.2 Å². The molecule has 0 fully saturated rings. The summed E-state index contributed by atoms with van der Waals surface area (Å²) in [5.74, 6) is -0.830. The first-order valence-electron chi connectivity index (χ1n) is 3.59.